The highest BCUT2D eigenvalue weighted by Crippen LogP contribution is 2.20. The fourth-order valence-electron chi connectivity index (χ4n) is 1.68. The first-order valence-corrected chi connectivity index (χ1v) is 3.93. The largest absolute Gasteiger partial charge is 0.271 e. The fraction of sp³-hybridized carbons (Fsp3) is 0.333. The van der Waals surface area contributed by atoms with E-state index in [0.29, 0.717) is 6.04 Å². The first-order chi connectivity index (χ1) is 5.40. The highest BCUT2D eigenvalue weighted by atomic mass is 35.5. The Morgan fingerprint density at radius 1 is 1.17 bits per heavy atom. The highest BCUT2D eigenvalue weighted by molar-refractivity contribution is 5.85. The molecule has 3 heteroatoms. The topological polar surface area (TPSA) is 38.0 Å². The predicted octanol–water partition coefficient (Wildman–Crippen LogP) is 1.04. The predicted molar refractivity (Wildman–Crippen MR) is 52.2 cm³/mol. The Hall–Kier alpha value is -0.570. The molecule has 66 valence electrons. The van der Waals surface area contributed by atoms with Crippen molar-refractivity contribution in [2.45, 2.75) is 18.9 Å². The number of fused-ring (bicyclic) bond motifs is 1. The molecule has 0 fully saturated rings. The SMILES string of the molecule is Cl.NNC1Cc2ccccc2C1. The van der Waals surface area contributed by atoms with Crippen molar-refractivity contribution >= 4 is 12.4 Å². The molecule has 0 aliphatic heterocycles. The van der Waals surface area contributed by atoms with Gasteiger partial charge in [-0.15, -0.1) is 12.4 Å². The fourth-order valence-corrected chi connectivity index (χ4v) is 1.68. The third-order valence-electron chi connectivity index (χ3n) is 2.29. The summed E-state index contributed by atoms with van der Waals surface area (Å²) >= 11 is 0. The van der Waals surface area contributed by atoms with E-state index < -0.39 is 0 Å². The van der Waals surface area contributed by atoms with Gasteiger partial charge in [0.05, 0.1) is 0 Å². The van der Waals surface area contributed by atoms with Crippen LogP contribution in [0.5, 0.6) is 0 Å². The summed E-state index contributed by atoms with van der Waals surface area (Å²) in [4.78, 5) is 0. The maximum absolute atomic E-state index is 5.36. The zero-order chi connectivity index (χ0) is 7.68. The molecule has 0 saturated heterocycles. The molecule has 0 unspecified atom stereocenters. The molecule has 1 aliphatic rings. The van der Waals surface area contributed by atoms with Gasteiger partial charge in [-0.2, -0.15) is 0 Å². The second-order valence-electron chi connectivity index (χ2n) is 3.04. The molecule has 0 bridgehead atoms. The zero-order valence-electron chi connectivity index (χ0n) is 6.79. The van der Waals surface area contributed by atoms with Gasteiger partial charge in [0, 0.05) is 6.04 Å². The molecule has 1 aliphatic carbocycles. The Kier molecular flexibility index (Phi) is 3.09. The van der Waals surface area contributed by atoms with E-state index >= 15 is 0 Å². The lowest BCUT2D eigenvalue weighted by Gasteiger charge is -2.03. The zero-order valence-corrected chi connectivity index (χ0v) is 7.60. The summed E-state index contributed by atoms with van der Waals surface area (Å²) in [6.45, 7) is 0. The molecular weight excluding hydrogens is 172 g/mol. The van der Waals surface area contributed by atoms with Crippen molar-refractivity contribution in [2.75, 3.05) is 0 Å². The molecule has 0 saturated carbocycles. The summed E-state index contributed by atoms with van der Waals surface area (Å²) < 4.78 is 0. The molecule has 0 radical (unpaired) electrons. The van der Waals surface area contributed by atoms with Gasteiger partial charge < -0.3 is 0 Å². The lowest BCUT2D eigenvalue weighted by molar-refractivity contribution is 0.554. The maximum atomic E-state index is 5.36. The van der Waals surface area contributed by atoms with Crippen LogP contribution in [0.2, 0.25) is 0 Å². The summed E-state index contributed by atoms with van der Waals surface area (Å²) in [5.41, 5.74) is 5.69. The number of halogens is 1. The average Bonchev–Trinajstić information content (AvgIpc) is 2.46. The Morgan fingerprint density at radius 2 is 1.67 bits per heavy atom. The molecule has 0 spiro atoms. The van der Waals surface area contributed by atoms with E-state index in [1.165, 1.54) is 11.1 Å². The summed E-state index contributed by atoms with van der Waals surface area (Å²) in [6.07, 6.45) is 2.15. The molecule has 1 aromatic rings. The standard InChI is InChI=1S/C9H12N2.ClH/c10-11-9-5-7-3-1-2-4-8(7)6-9;/h1-4,9,11H,5-6,10H2;1H. The van der Waals surface area contributed by atoms with Crippen molar-refractivity contribution in [1.82, 2.24) is 5.43 Å². The van der Waals surface area contributed by atoms with Crippen LogP contribution in [-0.2, 0) is 12.8 Å². The van der Waals surface area contributed by atoms with Crippen molar-refractivity contribution in [2.24, 2.45) is 5.84 Å². The number of nitrogens with two attached hydrogens (primary N) is 1. The lowest BCUT2D eigenvalue weighted by Crippen LogP contribution is -2.35. The summed E-state index contributed by atoms with van der Waals surface area (Å²) in [7, 11) is 0. The molecule has 1 aromatic carbocycles. The quantitative estimate of drug-likeness (QED) is 0.506. The normalized spacial score (nSPS) is 15.4. The Balaban J connectivity index is 0.000000720. The van der Waals surface area contributed by atoms with Gasteiger partial charge in [-0.25, -0.2) is 0 Å². The van der Waals surface area contributed by atoms with E-state index in [9.17, 15) is 0 Å². The van der Waals surface area contributed by atoms with Crippen molar-refractivity contribution in [1.29, 1.82) is 0 Å². The van der Waals surface area contributed by atoms with Crippen LogP contribution in [0.1, 0.15) is 11.1 Å². The third kappa shape index (κ3) is 1.61. The molecule has 0 amide bonds. The second-order valence-corrected chi connectivity index (χ2v) is 3.04. The van der Waals surface area contributed by atoms with Crippen LogP contribution >= 0.6 is 12.4 Å². The van der Waals surface area contributed by atoms with E-state index in [2.05, 4.69) is 29.7 Å². The van der Waals surface area contributed by atoms with Crippen LogP contribution in [0.4, 0.5) is 0 Å². The van der Waals surface area contributed by atoms with Crippen LogP contribution in [0.15, 0.2) is 24.3 Å². The number of benzene rings is 1. The van der Waals surface area contributed by atoms with Gasteiger partial charge in [0.1, 0.15) is 0 Å². The minimum Gasteiger partial charge on any atom is -0.271 e. The number of hydrogen-bond acceptors (Lipinski definition) is 2. The lowest BCUT2D eigenvalue weighted by atomic mass is 10.1. The summed E-state index contributed by atoms with van der Waals surface area (Å²) in [6, 6.07) is 8.96. The van der Waals surface area contributed by atoms with Gasteiger partial charge in [-0.3, -0.25) is 11.3 Å². The second kappa shape index (κ2) is 3.90. The molecule has 0 aromatic heterocycles. The summed E-state index contributed by atoms with van der Waals surface area (Å²) in [5.74, 6) is 5.36. The van der Waals surface area contributed by atoms with Gasteiger partial charge in [-0.05, 0) is 24.0 Å². The average molecular weight is 185 g/mol. The highest BCUT2D eigenvalue weighted by Gasteiger charge is 2.18. The third-order valence-corrected chi connectivity index (χ3v) is 2.29. The van der Waals surface area contributed by atoms with Crippen LogP contribution in [0, 0.1) is 0 Å². The van der Waals surface area contributed by atoms with Crippen molar-refractivity contribution in [3.8, 4) is 0 Å². The van der Waals surface area contributed by atoms with Crippen molar-refractivity contribution in [3.05, 3.63) is 35.4 Å². The monoisotopic (exact) mass is 184 g/mol. The van der Waals surface area contributed by atoms with Crippen molar-refractivity contribution < 1.29 is 0 Å². The first-order valence-electron chi connectivity index (χ1n) is 3.93. The van der Waals surface area contributed by atoms with E-state index in [1.54, 1.807) is 0 Å². The number of hydrazine groups is 1. The maximum Gasteiger partial charge on any atom is 0.0291 e. The molecule has 12 heavy (non-hydrogen) atoms. The molecule has 2 rings (SSSR count). The van der Waals surface area contributed by atoms with Crippen LogP contribution in [0.25, 0.3) is 0 Å². The summed E-state index contributed by atoms with van der Waals surface area (Å²) in [5, 5.41) is 0. The molecular formula is C9H13ClN2. The van der Waals surface area contributed by atoms with Gasteiger partial charge in [0.25, 0.3) is 0 Å². The molecule has 2 nitrogen and oxygen atoms in total. The minimum atomic E-state index is 0. The van der Waals surface area contributed by atoms with Crippen molar-refractivity contribution in [3.63, 3.8) is 0 Å². The van der Waals surface area contributed by atoms with Gasteiger partial charge in [0.15, 0.2) is 0 Å². The molecule has 0 atom stereocenters. The number of nitrogens with one attached hydrogen (secondary N) is 1. The van der Waals surface area contributed by atoms with Crippen LogP contribution < -0.4 is 11.3 Å². The van der Waals surface area contributed by atoms with E-state index in [-0.39, 0.29) is 12.4 Å². The van der Waals surface area contributed by atoms with Crippen LogP contribution in [0.3, 0.4) is 0 Å². The Bertz CT molecular complexity index is 237. The number of hydrogen-bond donors (Lipinski definition) is 2. The van der Waals surface area contributed by atoms with E-state index in [1.807, 2.05) is 0 Å². The number of rotatable bonds is 1. The van der Waals surface area contributed by atoms with Gasteiger partial charge in [-0.1, -0.05) is 24.3 Å². The smallest absolute Gasteiger partial charge is 0.0291 e. The van der Waals surface area contributed by atoms with Gasteiger partial charge >= 0.3 is 0 Å². The molecule has 3 N–H and O–H groups in total. The molecule has 0 heterocycles. The van der Waals surface area contributed by atoms with E-state index in [4.69, 9.17) is 5.84 Å². The minimum absolute atomic E-state index is 0. The first kappa shape index (κ1) is 9.52. The van der Waals surface area contributed by atoms with Gasteiger partial charge in [0.2, 0.25) is 0 Å². The van der Waals surface area contributed by atoms with Crippen LogP contribution in [-0.4, -0.2) is 6.04 Å². The Morgan fingerprint density at radius 3 is 2.08 bits per heavy atom. The Labute approximate surface area is 78.5 Å². The van der Waals surface area contributed by atoms with E-state index in [0.717, 1.165) is 12.8 Å².